The molecule has 1 aliphatic heterocycles. The quantitative estimate of drug-likeness (QED) is 0.409. The molecule has 34 heavy (non-hydrogen) atoms. The van der Waals surface area contributed by atoms with Gasteiger partial charge in [0.05, 0.1) is 11.7 Å². The SMILES string of the molecule is CC(C)(C)C(=O)N[C@@H](Cc1ccc(NS(=O)O)cc1)c1nc(-c2ccc3c(c2)OCCO3)cs1. The molecule has 0 radical (unpaired) electrons. The van der Waals surface area contributed by atoms with Crippen LogP contribution in [0.25, 0.3) is 11.3 Å². The number of ether oxygens (including phenoxy) is 2. The van der Waals surface area contributed by atoms with E-state index in [-0.39, 0.29) is 11.9 Å². The van der Waals surface area contributed by atoms with E-state index >= 15 is 0 Å². The highest BCUT2D eigenvalue weighted by Gasteiger charge is 2.27. The summed E-state index contributed by atoms with van der Waals surface area (Å²) in [5.41, 5.74) is 2.67. The lowest BCUT2D eigenvalue weighted by atomic mass is 9.94. The summed E-state index contributed by atoms with van der Waals surface area (Å²) in [6, 6.07) is 12.6. The van der Waals surface area contributed by atoms with Crippen LogP contribution in [0.4, 0.5) is 5.69 Å². The molecular weight excluding hydrogens is 474 g/mol. The molecule has 3 N–H and O–H groups in total. The first-order valence-electron chi connectivity index (χ1n) is 10.8. The van der Waals surface area contributed by atoms with E-state index in [9.17, 15) is 9.00 Å². The van der Waals surface area contributed by atoms with Gasteiger partial charge in [-0.3, -0.25) is 14.1 Å². The van der Waals surface area contributed by atoms with Crippen molar-refractivity contribution in [2.45, 2.75) is 33.2 Å². The average molecular weight is 502 g/mol. The number of carbonyl (C=O) groups is 1. The van der Waals surface area contributed by atoms with Gasteiger partial charge in [-0.2, -0.15) is 0 Å². The zero-order chi connectivity index (χ0) is 24.3. The predicted molar refractivity (Wildman–Crippen MR) is 133 cm³/mol. The Morgan fingerprint density at radius 3 is 2.53 bits per heavy atom. The van der Waals surface area contributed by atoms with Gasteiger partial charge in [0.25, 0.3) is 11.3 Å². The first kappa shape index (κ1) is 24.2. The van der Waals surface area contributed by atoms with E-state index < -0.39 is 16.7 Å². The number of aromatic nitrogens is 1. The van der Waals surface area contributed by atoms with Crippen LogP contribution in [0.15, 0.2) is 47.8 Å². The molecule has 8 nitrogen and oxygen atoms in total. The predicted octanol–water partition coefficient (Wildman–Crippen LogP) is 4.58. The number of benzene rings is 2. The molecule has 1 amide bonds. The van der Waals surface area contributed by atoms with Crippen molar-refractivity contribution in [3.63, 3.8) is 0 Å². The van der Waals surface area contributed by atoms with Crippen LogP contribution in [0.3, 0.4) is 0 Å². The van der Waals surface area contributed by atoms with Crippen molar-refractivity contribution in [1.29, 1.82) is 0 Å². The van der Waals surface area contributed by atoms with Crippen LogP contribution in [0.1, 0.15) is 37.4 Å². The third-order valence-corrected chi connectivity index (χ3v) is 6.61. The number of nitrogens with zero attached hydrogens (tertiary/aromatic N) is 1. The molecule has 4 rings (SSSR count). The van der Waals surface area contributed by atoms with Crippen LogP contribution in [-0.4, -0.2) is 32.9 Å². The Morgan fingerprint density at radius 2 is 1.85 bits per heavy atom. The average Bonchev–Trinajstić information content (AvgIpc) is 3.29. The van der Waals surface area contributed by atoms with Gasteiger partial charge in [-0.15, -0.1) is 11.3 Å². The summed E-state index contributed by atoms with van der Waals surface area (Å²) >= 11 is -0.640. The van der Waals surface area contributed by atoms with E-state index in [4.69, 9.17) is 19.0 Å². The number of anilines is 1. The molecule has 1 unspecified atom stereocenters. The fourth-order valence-electron chi connectivity index (χ4n) is 3.40. The van der Waals surface area contributed by atoms with Gasteiger partial charge in [-0.1, -0.05) is 32.9 Å². The summed E-state index contributed by atoms with van der Waals surface area (Å²) in [5, 5.41) is 5.91. The molecule has 2 aromatic carbocycles. The number of carbonyl (C=O) groups excluding carboxylic acids is 1. The number of hydrogen-bond donors (Lipinski definition) is 3. The van der Waals surface area contributed by atoms with Crippen molar-refractivity contribution < 1.29 is 23.0 Å². The van der Waals surface area contributed by atoms with Gasteiger partial charge in [-0.25, -0.2) is 9.19 Å². The molecule has 2 atom stereocenters. The molecule has 0 aliphatic carbocycles. The molecule has 1 aromatic heterocycles. The van der Waals surface area contributed by atoms with Gasteiger partial charge in [0, 0.05) is 22.0 Å². The van der Waals surface area contributed by atoms with E-state index in [0.29, 0.717) is 31.1 Å². The van der Waals surface area contributed by atoms with Gasteiger partial charge in [0.2, 0.25) is 5.91 Å². The Bertz CT molecular complexity index is 1190. The maximum absolute atomic E-state index is 12.8. The molecule has 0 spiro atoms. The van der Waals surface area contributed by atoms with E-state index in [1.165, 1.54) is 11.3 Å². The first-order valence-corrected chi connectivity index (χ1v) is 12.8. The van der Waals surface area contributed by atoms with Crippen molar-refractivity contribution in [2.75, 3.05) is 17.9 Å². The Morgan fingerprint density at radius 1 is 1.15 bits per heavy atom. The number of amides is 1. The summed E-state index contributed by atoms with van der Waals surface area (Å²) in [6.45, 7) is 6.67. The Kier molecular flexibility index (Phi) is 7.20. The zero-order valence-electron chi connectivity index (χ0n) is 19.2. The lowest BCUT2D eigenvalue weighted by Gasteiger charge is -2.23. The molecular formula is C24H27N3O5S2. The third-order valence-electron chi connectivity index (χ3n) is 5.24. The van der Waals surface area contributed by atoms with Gasteiger partial charge < -0.3 is 14.8 Å². The maximum Gasteiger partial charge on any atom is 0.259 e. The molecule has 0 saturated carbocycles. The van der Waals surface area contributed by atoms with Crippen LogP contribution < -0.4 is 19.5 Å². The number of thiazole rings is 1. The highest BCUT2D eigenvalue weighted by atomic mass is 32.2. The smallest absolute Gasteiger partial charge is 0.259 e. The molecule has 0 bridgehead atoms. The minimum Gasteiger partial charge on any atom is -0.486 e. The fraction of sp³-hybridized carbons (Fsp3) is 0.333. The van der Waals surface area contributed by atoms with Crippen LogP contribution in [0.2, 0.25) is 0 Å². The van der Waals surface area contributed by atoms with E-state index in [1.807, 2.05) is 56.5 Å². The minimum atomic E-state index is -2.13. The second-order valence-corrected chi connectivity index (χ2v) is 10.5. The number of hydrogen-bond acceptors (Lipinski definition) is 6. The molecule has 180 valence electrons. The molecule has 0 fully saturated rings. The number of nitrogens with one attached hydrogen (secondary N) is 2. The maximum atomic E-state index is 12.8. The van der Waals surface area contributed by atoms with Crippen molar-refractivity contribution in [3.05, 3.63) is 58.4 Å². The van der Waals surface area contributed by atoms with Gasteiger partial charge in [0.1, 0.15) is 18.2 Å². The molecule has 0 saturated heterocycles. The topological polar surface area (TPSA) is 110 Å². The largest absolute Gasteiger partial charge is 0.486 e. The van der Waals surface area contributed by atoms with Gasteiger partial charge >= 0.3 is 0 Å². The van der Waals surface area contributed by atoms with Gasteiger partial charge in [0.15, 0.2) is 11.5 Å². The van der Waals surface area contributed by atoms with Crippen molar-refractivity contribution in [1.82, 2.24) is 10.3 Å². The van der Waals surface area contributed by atoms with Gasteiger partial charge in [-0.05, 0) is 42.3 Å². The highest BCUT2D eigenvalue weighted by Crippen LogP contribution is 2.36. The number of fused-ring (bicyclic) bond motifs is 1. The van der Waals surface area contributed by atoms with E-state index in [0.717, 1.165) is 27.6 Å². The third kappa shape index (κ3) is 5.94. The van der Waals surface area contributed by atoms with Crippen LogP contribution >= 0.6 is 11.3 Å². The summed E-state index contributed by atoms with van der Waals surface area (Å²) in [4.78, 5) is 17.7. The van der Waals surface area contributed by atoms with Crippen LogP contribution in [0, 0.1) is 5.41 Å². The molecule has 1 aliphatic rings. The fourth-order valence-corrected chi connectivity index (χ4v) is 4.62. The molecule has 10 heteroatoms. The van der Waals surface area contributed by atoms with Crippen LogP contribution in [-0.2, 0) is 22.5 Å². The lowest BCUT2D eigenvalue weighted by molar-refractivity contribution is -0.129. The highest BCUT2D eigenvalue weighted by molar-refractivity contribution is 7.80. The Labute approximate surface area is 205 Å². The Balaban J connectivity index is 1.58. The van der Waals surface area contributed by atoms with Crippen LogP contribution in [0.5, 0.6) is 11.5 Å². The summed E-state index contributed by atoms with van der Waals surface area (Å²) in [6.07, 6.45) is 0.526. The van der Waals surface area contributed by atoms with Crippen molar-refractivity contribution in [2.24, 2.45) is 5.41 Å². The Hall–Kier alpha value is -2.95. The minimum absolute atomic E-state index is 0.0671. The normalized spacial score (nSPS) is 14.8. The molecule has 3 aromatic rings. The zero-order valence-corrected chi connectivity index (χ0v) is 20.8. The summed E-state index contributed by atoms with van der Waals surface area (Å²) in [5.74, 6) is 1.36. The van der Waals surface area contributed by atoms with E-state index in [2.05, 4.69) is 10.0 Å². The second-order valence-electron chi connectivity index (χ2n) is 8.96. The van der Waals surface area contributed by atoms with Crippen molar-refractivity contribution in [3.8, 4) is 22.8 Å². The molecule has 2 heterocycles. The summed E-state index contributed by atoms with van der Waals surface area (Å²) < 4.78 is 33.7. The van der Waals surface area contributed by atoms with Crippen molar-refractivity contribution >= 4 is 34.2 Å². The standard InChI is InChI=1S/C24H27N3O5S2/c1-24(2,3)23(28)26-18(12-15-4-7-17(8-5-15)27-34(29)30)22-25-19(14-33-22)16-6-9-20-21(13-16)32-11-10-31-20/h4-9,13-14,18,27H,10-12H2,1-3H3,(H,26,28)(H,29,30)/t18-/m0/s1. The van der Waals surface area contributed by atoms with E-state index in [1.54, 1.807) is 12.1 Å². The number of rotatable bonds is 7. The second kappa shape index (κ2) is 10.1. The monoisotopic (exact) mass is 501 g/mol. The first-order chi connectivity index (χ1) is 16.2. The lowest BCUT2D eigenvalue weighted by Crippen LogP contribution is -2.38. The summed E-state index contributed by atoms with van der Waals surface area (Å²) in [7, 11) is 0.